The van der Waals surface area contributed by atoms with Gasteiger partial charge in [0.1, 0.15) is 5.82 Å². The van der Waals surface area contributed by atoms with Crippen LogP contribution in [0, 0.1) is 5.82 Å². The summed E-state index contributed by atoms with van der Waals surface area (Å²) < 4.78 is 20.5. The van der Waals surface area contributed by atoms with Crippen molar-refractivity contribution in [1.82, 2.24) is 19.5 Å². The van der Waals surface area contributed by atoms with Crippen LogP contribution in [-0.2, 0) is 0 Å². The van der Waals surface area contributed by atoms with E-state index >= 15 is 0 Å². The van der Waals surface area contributed by atoms with Crippen molar-refractivity contribution in [2.24, 2.45) is 0 Å². The molecule has 2 aromatic heterocycles. The maximum Gasteiger partial charge on any atom is 0.316 e. The fraction of sp³-hybridized carbons (Fsp3) is 0.350. The van der Waals surface area contributed by atoms with Crippen molar-refractivity contribution in [2.45, 2.75) is 37.8 Å². The Labute approximate surface area is 156 Å². The van der Waals surface area contributed by atoms with Gasteiger partial charge in [-0.15, -0.1) is 0 Å². The van der Waals surface area contributed by atoms with E-state index in [1.807, 2.05) is 4.57 Å². The largest absolute Gasteiger partial charge is 0.467 e. The third kappa shape index (κ3) is 3.42. The number of benzene rings is 1. The summed E-state index contributed by atoms with van der Waals surface area (Å²) in [7, 11) is 1.52. The van der Waals surface area contributed by atoms with E-state index < -0.39 is 6.10 Å². The Bertz CT molecular complexity index is 926. The number of imidazole rings is 1. The number of rotatable bonds is 4. The Balaban J connectivity index is 1.88. The van der Waals surface area contributed by atoms with Crippen LogP contribution in [0.1, 0.15) is 31.7 Å². The average molecular weight is 368 g/mol. The number of methoxy groups -OCH3 is 1. The molecule has 1 N–H and O–H groups in total. The predicted octanol–water partition coefficient (Wildman–Crippen LogP) is 3.63. The van der Waals surface area contributed by atoms with E-state index in [9.17, 15) is 9.50 Å². The molecule has 2 heterocycles. The second-order valence-corrected chi connectivity index (χ2v) is 6.70. The molecular formula is C20H21FN4O2. The van der Waals surface area contributed by atoms with Gasteiger partial charge in [-0.1, -0.05) is 12.8 Å². The van der Waals surface area contributed by atoms with Crippen LogP contribution >= 0.6 is 0 Å². The Kier molecular flexibility index (Phi) is 4.85. The minimum absolute atomic E-state index is 0.0728. The van der Waals surface area contributed by atoms with Gasteiger partial charge in [-0.2, -0.15) is 4.98 Å². The van der Waals surface area contributed by atoms with E-state index in [2.05, 4.69) is 15.0 Å². The molecule has 2 unspecified atom stereocenters. The highest BCUT2D eigenvalue weighted by Crippen LogP contribution is 2.37. The molecule has 1 aliphatic carbocycles. The van der Waals surface area contributed by atoms with E-state index in [0.29, 0.717) is 11.4 Å². The van der Waals surface area contributed by atoms with Crippen LogP contribution in [-0.4, -0.2) is 37.8 Å². The van der Waals surface area contributed by atoms with E-state index in [0.717, 1.165) is 36.9 Å². The van der Waals surface area contributed by atoms with Gasteiger partial charge in [-0.3, -0.25) is 0 Å². The Morgan fingerprint density at radius 3 is 2.63 bits per heavy atom. The molecule has 0 spiro atoms. The van der Waals surface area contributed by atoms with E-state index in [1.165, 1.54) is 19.2 Å². The topological polar surface area (TPSA) is 73.1 Å². The summed E-state index contributed by atoms with van der Waals surface area (Å²) in [6, 6.07) is 8.19. The maximum atomic E-state index is 13.4. The number of halogens is 1. The van der Waals surface area contributed by atoms with Gasteiger partial charge in [0.15, 0.2) is 0 Å². The average Bonchev–Trinajstić information content (AvgIpc) is 3.14. The molecular weight excluding hydrogens is 347 g/mol. The van der Waals surface area contributed by atoms with Gasteiger partial charge in [-0.25, -0.2) is 14.4 Å². The molecule has 7 heteroatoms. The number of hydrogen-bond acceptors (Lipinski definition) is 5. The Hall–Kier alpha value is -2.80. The molecule has 2 atom stereocenters. The molecule has 0 aliphatic heterocycles. The van der Waals surface area contributed by atoms with Gasteiger partial charge < -0.3 is 14.4 Å². The van der Waals surface area contributed by atoms with Crippen LogP contribution < -0.4 is 4.74 Å². The van der Waals surface area contributed by atoms with Crippen molar-refractivity contribution >= 4 is 0 Å². The van der Waals surface area contributed by atoms with Crippen molar-refractivity contribution in [3.8, 4) is 28.7 Å². The standard InChI is InChI=1S/C20H21FN4O2/c1-27-20-22-11-10-15(24-20)19-18(13-6-8-14(21)9-7-13)23-12-25(19)16-4-2-3-5-17(16)26/h6-12,16-17,26H,2-5H2,1H3. The van der Waals surface area contributed by atoms with Gasteiger partial charge >= 0.3 is 6.01 Å². The summed E-state index contributed by atoms with van der Waals surface area (Å²) in [4.78, 5) is 13.1. The first-order valence-corrected chi connectivity index (χ1v) is 9.05. The first-order chi connectivity index (χ1) is 13.2. The second kappa shape index (κ2) is 7.44. The zero-order chi connectivity index (χ0) is 18.8. The van der Waals surface area contributed by atoms with E-state index in [1.54, 1.807) is 30.7 Å². The number of hydrogen-bond donors (Lipinski definition) is 1. The van der Waals surface area contributed by atoms with Crippen molar-refractivity contribution < 1.29 is 14.2 Å². The molecule has 1 aromatic carbocycles. The number of aliphatic hydroxyl groups is 1. The molecule has 0 radical (unpaired) electrons. The first-order valence-electron chi connectivity index (χ1n) is 9.05. The molecule has 1 aliphatic rings. The smallest absolute Gasteiger partial charge is 0.316 e. The third-order valence-corrected chi connectivity index (χ3v) is 5.02. The highest BCUT2D eigenvalue weighted by Gasteiger charge is 2.29. The summed E-state index contributed by atoms with van der Waals surface area (Å²) in [5.41, 5.74) is 2.89. The van der Waals surface area contributed by atoms with Crippen LogP contribution in [0.3, 0.4) is 0 Å². The lowest BCUT2D eigenvalue weighted by atomic mass is 9.92. The minimum Gasteiger partial charge on any atom is -0.467 e. The van der Waals surface area contributed by atoms with Crippen LogP contribution in [0.2, 0.25) is 0 Å². The SMILES string of the molecule is COc1nccc(-c2c(-c3ccc(F)cc3)ncn2C2CCCCC2O)n1. The van der Waals surface area contributed by atoms with Crippen molar-refractivity contribution in [3.05, 3.63) is 48.7 Å². The van der Waals surface area contributed by atoms with E-state index in [-0.39, 0.29) is 17.9 Å². The van der Waals surface area contributed by atoms with Gasteiger partial charge in [0, 0.05) is 11.8 Å². The summed E-state index contributed by atoms with van der Waals surface area (Å²) >= 11 is 0. The summed E-state index contributed by atoms with van der Waals surface area (Å²) in [5, 5.41) is 10.6. The van der Waals surface area contributed by atoms with Gasteiger partial charge in [0.05, 0.1) is 42.7 Å². The minimum atomic E-state index is -0.434. The predicted molar refractivity (Wildman–Crippen MR) is 98.7 cm³/mol. The maximum absolute atomic E-state index is 13.4. The van der Waals surface area contributed by atoms with Crippen molar-refractivity contribution in [3.63, 3.8) is 0 Å². The Morgan fingerprint density at radius 1 is 1.11 bits per heavy atom. The molecule has 6 nitrogen and oxygen atoms in total. The lowest BCUT2D eigenvalue weighted by Gasteiger charge is -2.30. The lowest BCUT2D eigenvalue weighted by Crippen LogP contribution is -2.27. The summed E-state index contributed by atoms with van der Waals surface area (Å²) in [6.07, 6.45) is 6.64. The zero-order valence-electron chi connectivity index (χ0n) is 15.0. The van der Waals surface area contributed by atoms with Crippen LogP contribution in [0.25, 0.3) is 22.6 Å². The molecule has 0 amide bonds. The normalized spacial score (nSPS) is 19.8. The van der Waals surface area contributed by atoms with Gasteiger partial charge in [0.25, 0.3) is 0 Å². The number of aromatic nitrogens is 4. The molecule has 1 fully saturated rings. The first kappa shape index (κ1) is 17.6. The second-order valence-electron chi connectivity index (χ2n) is 6.70. The van der Waals surface area contributed by atoms with Crippen LogP contribution in [0.15, 0.2) is 42.9 Å². The molecule has 1 saturated carbocycles. The number of nitrogens with zero attached hydrogens (tertiary/aromatic N) is 4. The van der Waals surface area contributed by atoms with E-state index in [4.69, 9.17) is 4.74 Å². The summed E-state index contributed by atoms with van der Waals surface area (Å²) in [5.74, 6) is -0.300. The van der Waals surface area contributed by atoms with Gasteiger partial charge in [-0.05, 0) is 43.2 Å². The van der Waals surface area contributed by atoms with Gasteiger partial charge in [0.2, 0.25) is 0 Å². The molecule has 27 heavy (non-hydrogen) atoms. The lowest BCUT2D eigenvalue weighted by molar-refractivity contribution is 0.0761. The number of ether oxygens (including phenoxy) is 1. The highest BCUT2D eigenvalue weighted by molar-refractivity contribution is 5.77. The highest BCUT2D eigenvalue weighted by atomic mass is 19.1. The van der Waals surface area contributed by atoms with Crippen molar-refractivity contribution in [2.75, 3.05) is 7.11 Å². The quantitative estimate of drug-likeness (QED) is 0.761. The summed E-state index contributed by atoms with van der Waals surface area (Å²) in [6.45, 7) is 0. The Morgan fingerprint density at radius 2 is 1.89 bits per heavy atom. The van der Waals surface area contributed by atoms with Crippen molar-refractivity contribution in [1.29, 1.82) is 0 Å². The third-order valence-electron chi connectivity index (χ3n) is 5.02. The molecule has 0 bridgehead atoms. The molecule has 0 saturated heterocycles. The molecule has 4 rings (SSSR count). The van der Waals surface area contributed by atoms with Crippen LogP contribution in [0.4, 0.5) is 4.39 Å². The fourth-order valence-corrected chi connectivity index (χ4v) is 3.67. The molecule has 140 valence electrons. The molecule has 3 aromatic rings. The number of aliphatic hydroxyl groups excluding tert-OH is 1. The van der Waals surface area contributed by atoms with Crippen LogP contribution in [0.5, 0.6) is 6.01 Å². The monoisotopic (exact) mass is 368 g/mol. The zero-order valence-corrected chi connectivity index (χ0v) is 15.0. The fourth-order valence-electron chi connectivity index (χ4n) is 3.67.